The Balaban J connectivity index is 1.73. The molecule has 0 heterocycles. The molecule has 0 bridgehead atoms. The predicted molar refractivity (Wildman–Crippen MR) is 142 cm³/mol. The van der Waals surface area contributed by atoms with Crippen LogP contribution in [0.4, 0.5) is 0 Å². The lowest BCUT2D eigenvalue weighted by atomic mass is 10.1. The van der Waals surface area contributed by atoms with E-state index < -0.39 is 11.9 Å². The van der Waals surface area contributed by atoms with Crippen LogP contribution in [0.25, 0.3) is 12.2 Å². The summed E-state index contributed by atoms with van der Waals surface area (Å²) in [5, 5.41) is 21.7. The Morgan fingerprint density at radius 1 is 0.868 bits per heavy atom. The lowest BCUT2D eigenvalue weighted by Gasteiger charge is -2.10. The monoisotopic (exact) mass is 507 g/mol. The molecule has 0 saturated carbocycles. The van der Waals surface area contributed by atoms with E-state index in [0.717, 1.165) is 5.56 Å². The number of nitrogens with zero attached hydrogens (tertiary/aromatic N) is 2. The van der Waals surface area contributed by atoms with Gasteiger partial charge in [-0.2, -0.15) is 10.5 Å². The standard InChI is InChI=1S/C30H25N3O5/c1-3-37-26-12-9-21(10-13-26)15-25(19-32)30(35)38-27-14-11-23(17-28(27)36-2)16-24(18-31)29(34)33-20-22-7-5-4-6-8-22/h4-17H,3,20H2,1-2H3,(H,33,34)/b24-16+,25-15+. The quantitative estimate of drug-likeness (QED) is 0.181. The fourth-order valence-electron chi connectivity index (χ4n) is 3.33. The second-order valence-corrected chi connectivity index (χ2v) is 7.81. The molecular formula is C30H25N3O5. The van der Waals surface area contributed by atoms with Gasteiger partial charge in [-0.1, -0.05) is 48.5 Å². The highest BCUT2D eigenvalue weighted by Crippen LogP contribution is 2.30. The molecule has 1 amide bonds. The lowest BCUT2D eigenvalue weighted by molar-refractivity contribution is -0.129. The van der Waals surface area contributed by atoms with Gasteiger partial charge in [0, 0.05) is 6.54 Å². The fourth-order valence-corrected chi connectivity index (χ4v) is 3.33. The van der Waals surface area contributed by atoms with Crippen LogP contribution in [0.5, 0.6) is 17.2 Å². The van der Waals surface area contributed by atoms with E-state index in [1.54, 1.807) is 30.3 Å². The Labute approximate surface area is 221 Å². The Morgan fingerprint density at radius 2 is 1.53 bits per heavy atom. The van der Waals surface area contributed by atoms with Gasteiger partial charge in [-0.05, 0) is 60.0 Å². The van der Waals surface area contributed by atoms with Gasteiger partial charge in [-0.3, -0.25) is 4.79 Å². The Kier molecular flexibility index (Phi) is 9.80. The van der Waals surface area contributed by atoms with Crippen molar-refractivity contribution in [1.82, 2.24) is 5.32 Å². The first kappa shape index (κ1) is 27.3. The zero-order valence-corrected chi connectivity index (χ0v) is 20.9. The third-order valence-electron chi connectivity index (χ3n) is 5.20. The SMILES string of the molecule is CCOc1ccc(/C=C(\C#N)C(=O)Oc2ccc(/C=C(\C#N)C(=O)NCc3ccccc3)cc2OC)cc1. The maximum Gasteiger partial charge on any atom is 0.354 e. The summed E-state index contributed by atoms with van der Waals surface area (Å²) in [6, 6.07) is 24.6. The largest absolute Gasteiger partial charge is 0.494 e. The van der Waals surface area contributed by atoms with Crippen molar-refractivity contribution in [3.63, 3.8) is 0 Å². The van der Waals surface area contributed by atoms with Crippen LogP contribution in [-0.4, -0.2) is 25.6 Å². The van der Waals surface area contributed by atoms with Crippen molar-refractivity contribution in [2.24, 2.45) is 0 Å². The smallest absolute Gasteiger partial charge is 0.354 e. The van der Waals surface area contributed by atoms with Crippen molar-refractivity contribution in [3.05, 3.63) is 101 Å². The molecule has 8 heteroatoms. The molecule has 0 aromatic heterocycles. The number of benzene rings is 3. The van der Waals surface area contributed by atoms with Crippen molar-refractivity contribution in [2.75, 3.05) is 13.7 Å². The van der Waals surface area contributed by atoms with E-state index in [9.17, 15) is 20.1 Å². The van der Waals surface area contributed by atoms with Crippen LogP contribution < -0.4 is 19.5 Å². The number of carbonyl (C=O) groups is 2. The molecule has 0 aliphatic carbocycles. The van der Waals surface area contributed by atoms with Gasteiger partial charge >= 0.3 is 5.97 Å². The maximum absolute atomic E-state index is 12.7. The third kappa shape index (κ3) is 7.58. The first-order valence-corrected chi connectivity index (χ1v) is 11.7. The van der Waals surface area contributed by atoms with Gasteiger partial charge in [0.15, 0.2) is 11.5 Å². The molecule has 3 aromatic rings. The van der Waals surface area contributed by atoms with Crippen molar-refractivity contribution in [1.29, 1.82) is 10.5 Å². The van der Waals surface area contributed by atoms with Crippen LogP contribution in [0.15, 0.2) is 83.9 Å². The van der Waals surface area contributed by atoms with Crippen LogP contribution in [0.3, 0.4) is 0 Å². The Hall–Kier alpha value is -5.34. The summed E-state index contributed by atoms with van der Waals surface area (Å²) < 4.78 is 16.1. The van der Waals surface area contributed by atoms with Gasteiger partial charge in [-0.15, -0.1) is 0 Å². The molecule has 8 nitrogen and oxygen atoms in total. The molecule has 0 aliphatic heterocycles. The summed E-state index contributed by atoms with van der Waals surface area (Å²) in [6.07, 6.45) is 2.82. The normalized spacial score (nSPS) is 11.1. The van der Waals surface area contributed by atoms with E-state index in [-0.39, 0.29) is 29.2 Å². The maximum atomic E-state index is 12.7. The van der Waals surface area contributed by atoms with Gasteiger partial charge in [0.1, 0.15) is 29.0 Å². The number of ether oxygens (including phenoxy) is 3. The zero-order chi connectivity index (χ0) is 27.3. The first-order chi connectivity index (χ1) is 18.5. The Morgan fingerprint density at radius 3 is 2.16 bits per heavy atom. The second kappa shape index (κ2) is 13.7. The highest BCUT2D eigenvalue weighted by atomic mass is 16.6. The van der Waals surface area contributed by atoms with E-state index in [1.807, 2.05) is 49.4 Å². The molecular weight excluding hydrogens is 482 g/mol. The molecule has 0 aliphatic rings. The molecule has 1 N–H and O–H groups in total. The number of nitrogens with one attached hydrogen (secondary N) is 1. The van der Waals surface area contributed by atoms with E-state index in [2.05, 4.69) is 5.32 Å². The van der Waals surface area contributed by atoms with Gasteiger partial charge in [0.05, 0.1) is 13.7 Å². The summed E-state index contributed by atoms with van der Waals surface area (Å²) in [5.41, 5.74) is 1.71. The zero-order valence-electron chi connectivity index (χ0n) is 20.9. The Bertz CT molecular complexity index is 1430. The highest BCUT2D eigenvalue weighted by molar-refractivity contribution is 6.02. The van der Waals surface area contributed by atoms with Gasteiger partial charge in [-0.25, -0.2) is 4.79 Å². The third-order valence-corrected chi connectivity index (χ3v) is 5.20. The van der Waals surface area contributed by atoms with Crippen LogP contribution in [0.2, 0.25) is 0 Å². The predicted octanol–water partition coefficient (Wildman–Crippen LogP) is 4.83. The van der Waals surface area contributed by atoms with Crippen LogP contribution in [0.1, 0.15) is 23.6 Å². The fraction of sp³-hybridized carbons (Fsp3) is 0.133. The molecule has 0 spiro atoms. The van der Waals surface area contributed by atoms with Crippen molar-refractivity contribution in [2.45, 2.75) is 13.5 Å². The number of rotatable bonds is 10. The minimum atomic E-state index is -0.860. The number of hydrogen-bond donors (Lipinski definition) is 1. The second-order valence-electron chi connectivity index (χ2n) is 7.81. The molecule has 0 saturated heterocycles. The average Bonchev–Trinajstić information content (AvgIpc) is 2.95. The van der Waals surface area contributed by atoms with E-state index >= 15 is 0 Å². The number of carbonyl (C=O) groups excluding carboxylic acids is 2. The lowest BCUT2D eigenvalue weighted by Crippen LogP contribution is -2.23. The number of amides is 1. The minimum absolute atomic E-state index is 0.0783. The number of esters is 1. The molecule has 0 fully saturated rings. The van der Waals surface area contributed by atoms with E-state index in [0.29, 0.717) is 23.5 Å². The number of nitriles is 2. The average molecular weight is 508 g/mol. The summed E-state index contributed by atoms with van der Waals surface area (Å²) in [7, 11) is 1.39. The molecule has 0 atom stereocenters. The molecule has 0 unspecified atom stereocenters. The topological polar surface area (TPSA) is 121 Å². The van der Waals surface area contributed by atoms with Gasteiger partial charge in [0.2, 0.25) is 0 Å². The summed E-state index contributed by atoms with van der Waals surface area (Å²) in [6.45, 7) is 2.68. The summed E-state index contributed by atoms with van der Waals surface area (Å²) >= 11 is 0. The van der Waals surface area contributed by atoms with Crippen molar-refractivity contribution < 1.29 is 23.8 Å². The van der Waals surface area contributed by atoms with E-state index in [1.165, 1.54) is 31.4 Å². The first-order valence-electron chi connectivity index (χ1n) is 11.7. The molecule has 38 heavy (non-hydrogen) atoms. The van der Waals surface area contributed by atoms with Gasteiger partial charge in [0.25, 0.3) is 5.91 Å². The molecule has 3 aromatic carbocycles. The summed E-state index contributed by atoms with van der Waals surface area (Å²) in [5.74, 6) is -0.440. The molecule has 3 rings (SSSR count). The molecule has 0 radical (unpaired) electrons. The van der Waals surface area contributed by atoms with Crippen LogP contribution >= 0.6 is 0 Å². The van der Waals surface area contributed by atoms with Crippen LogP contribution in [-0.2, 0) is 16.1 Å². The van der Waals surface area contributed by atoms with Gasteiger partial charge < -0.3 is 19.5 Å². The van der Waals surface area contributed by atoms with Crippen molar-refractivity contribution in [3.8, 4) is 29.4 Å². The minimum Gasteiger partial charge on any atom is -0.494 e. The number of methoxy groups -OCH3 is 1. The summed E-state index contributed by atoms with van der Waals surface area (Å²) in [4.78, 5) is 25.2. The highest BCUT2D eigenvalue weighted by Gasteiger charge is 2.16. The van der Waals surface area contributed by atoms with E-state index in [4.69, 9.17) is 14.2 Å². The van der Waals surface area contributed by atoms with Crippen LogP contribution in [0, 0.1) is 22.7 Å². The van der Waals surface area contributed by atoms with Crippen molar-refractivity contribution >= 4 is 24.0 Å². The molecule has 190 valence electrons. The number of hydrogen-bond acceptors (Lipinski definition) is 7.